The van der Waals surface area contributed by atoms with Crippen LogP contribution in [0.1, 0.15) is 5.69 Å². The van der Waals surface area contributed by atoms with Gasteiger partial charge in [-0.25, -0.2) is 13.8 Å². The monoisotopic (exact) mass is 355 g/mol. The average Bonchev–Trinajstić information content (AvgIpc) is 2.44. The third kappa shape index (κ3) is 3.15. The van der Waals surface area contributed by atoms with Gasteiger partial charge in [0.15, 0.2) is 0 Å². The van der Waals surface area contributed by atoms with Crippen molar-refractivity contribution >= 4 is 5.95 Å². The number of rotatable bonds is 6. The van der Waals surface area contributed by atoms with Gasteiger partial charge in [-0.05, 0) is 6.92 Å². The van der Waals surface area contributed by atoms with Gasteiger partial charge in [0.05, 0.1) is 12.8 Å². The smallest absolute Gasteiger partial charge is 0.467 e. The van der Waals surface area contributed by atoms with Crippen molar-refractivity contribution in [1.82, 2.24) is 9.97 Å². The number of aryl methyl sites for hydroxylation is 1. The lowest BCUT2D eigenvalue weighted by Gasteiger charge is -2.36. The molecule has 0 bridgehead atoms. The molecule has 1 heterocycles. The number of aromatic nitrogens is 2. The Hall–Kier alpha value is -1.76. The molecule has 0 aromatic carbocycles. The third-order valence-corrected chi connectivity index (χ3v) is 2.62. The van der Waals surface area contributed by atoms with Crippen molar-refractivity contribution in [2.45, 2.75) is 31.2 Å². The zero-order chi connectivity index (χ0) is 18.2. The Bertz CT molecular complexity index is 569. The van der Waals surface area contributed by atoms with E-state index in [1.54, 1.807) is 0 Å². The number of ether oxygens (including phenoxy) is 1. The summed E-state index contributed by atoms with van der Waals surface area (Å²) >= 11 is 0. The maximum absolute atomic E-state index is 13.5. The fourth-order valence-corrected chi connectivity index (χ4v) is 1.38. The molecule has 1 aromatic rings. The molecular weight excluding hydrogens is 346 g/mol. The third-order valence-electron chi connectivity index (χ3n) is 2.62. The first-order valence-corrected chi connectivity index (χ1v) is 5.65. The fraction of sp³-hybridized carbons (Fsp3) is 0.600. The molecule has 1 aromatic heterocycles. The van der Waals surface area contributed by atoms with Gasteiger partial charge in [-0.1, -0.05) is 0 Å². The maximum atomic E-state index is 13.5. The van der Waals surface area contributed by atoms with Crippen LogP contribution in [0.25, 0.3) is 0 Å². The molecule has 0 amide bonds. The summed E-state index contributed by atoms with van der Waals surface area (Å²) in [6, 6.07) is -5.15. The van der Waals surface area contributed by atoms with Crippen LogP contribution in [0.4, 0.5) is 41.1 Å². The van der Waals surface area contributed by atoms with Crippen molar-refractivity contribution in [1.29, 1.82) is 0 Å². The van der Waals surface area contributed by atoms with Gasteiger partial charge in [-0.15, -0.1) is 13.8 Å². The van der Waals surface area contributed by atoms with Gasteiger partial charge >= 0.3 is 30.3 Å². The SMILES string of the molecule is COc1cc(C)nc([NH+]([O-])C(F)(F)C(F)(F)C(F)(F)C(F)F)n1. The molecule has 1 unspecified atom stereocenters. The number of methoxy groups -OCH3 is 1. The second-order valence-corrected chi connectivity index (χ2v) is 4.28. The van der Waals surface area contributed by atoms with Crippen LogP contribution in [0.3, 0.4) is 0 Å². The molecule has 0 radical (unpaired) electrons. The van der Waals surface area contributed by atoms with E-state index < -0.39 is 41.2 Å². The maximum Gasteiger partial charge on any atom is 0.467 e. The van der Waals surface area contributed by atoms with Crippen molar-refractivity contribution in [2.75, 3.05) is 7.11 Å². The highest BCUT2D eigenvalue weighted by Crippen LogP contribution is 2.46. The Morgan fingerprint density at radius 3 is 2.09 bits per heavy atom. The minimum atomic E-state index is -6.66. The van der Waals surface area contributed by atoms with E-state index in [2.05, 4.69) is 14.7 Å². The summed E-state index contributed by atoms with van der Waals surface area (Å²) in [5.74, 6) is -15.2. The average molecular weight is 355 g/mol. The largest absolute Gasteiger partial charge is 0.622 e. The number of halogens is 8. The van der Waals surface area contributed by atoms with Crippen LogP contribution in [0.2, 0.25) is 0 Å². The summed E-state index contributed by atoms with van der Waals surface area (Å²) in [4.78, 5) is 6.13. The molecule has 5 nitrogen and oxygen atoms in total. The number of hydrogen-bond acceptors (Lipinski definition) is 4. The number of alkyl halides is 8. The first kappa shape index (κ1) is 19.3. The lowest BCUT2D eigenvalue weighted by atomic mass is 10.1. The molecule has 0 fully saturated rings. The number of hydroxylamine groups is 1. The lowest BCUT2D eigenvalue weighted by Crippen LogP contribution is -3.14. The second-order valence-electron chi connectivity index (χ2n) is 4.28. The van der Waals surface area contributed by atoms with Gasteiger partial charge in [0.2, 0.25) is 5.88 Å². The molecule has 1 atom stereocenters. The van der Waals surface area contributed by atoms with E-state index in [4.69, 9.17) is 0 Å². The van der Waals surface area contributed by atoms with Crippen LogP contribution in [-0.4, -0.2) is 41.4 Å². The highest BCUT2D eigenvalue weighted by atomic mass is 19.4. The van der Waals surface area contributed by atoms with E-state index >= 15 is 0 Å². The second kappa shape index (κ2) is 6.03. The van der Waals surface area contributed by atoms with E-state index in [0.29, 0.717) is 0 Å². The Morgan fingerprint density at radius 2 is 1.65 bits per heavy atom. The van der Waals surface area contributed by atoms with Crippen molar-refractivity contribution in [2.24, 2.45) is 0 Å². The van der Waals surface area contributed by atoms with Crippen LogP contribution >= 0.6 is 0 Å². The van der Waals surface area contributed by atoms with Crippen LogP contribution < -0.4 is 9.80 Å². The number of nitrogens with zero attached hydrogens (tertiary/aromatic N) is 2. The van der Waals surface area contributed by atoms with Gasteiger partial charge < -0.3 is 9.94 Å². The molecule has 23 heavy (non-hydrogen) atoms. The predicted octanol–water partition coefficient (Wildman–Crippen LogP) is 1.94. The number of nitrogens with one attached hydrogen (secondary N) is 1. The quantitative estimate of drug-likeness (QED) is 0.481. The molecule has 1 N–H and O–H groups in total. The van der Waals surface area contributed by atoms with Crippen LogP contribution in [0, 0.1) is 12.1 Å². The Balaban J connectivity index is 3.34. The fourth-order valence-electron chi connectivity index (χ4n) is 1.38. The molecule has 0 aliphatic heterocycles. The summed E-state index contributed by atoms with van der Waals surface area (Å²) in [5, 5.41) is 8.47. The summed E-state index contributed by atoms with van der Waals surface area (Å²) in [5.41, 5.74) is -0.181. The van der Waals surface area contributed by atoms with Crippen molar-refractivity contribution in [3.63, 3.8) is 0 Å². The molecular formula is C10H9F8N3O2. The summed E-state index contributed by atoms with van der Waals surface area (Å²) < 4.78 is 107. The van der Waals surface area contributed by atoms with Gasteiger partial charge in [0.1, 0.15) is 0 Å². The molecule has 0 spiro atoms. The minimum Gasteiger partial charge on any atom is -0.622 e. The number of hydrogen-bond donors (Lipinski definition) is 1. The molecule has 13 heteroatoms. The number of quaternary nitrogens is 1. The first-order valence-electron chi connectivity index (χ1n) is 5.65. The lowest BCUT2D eigenvalue weighted by molar-refractivity contribution is -0.909. The molecule has 1 rings (SSSR count). The van der Waals surface area contributed by atoms with Crippen molar-refractivity contribution in [3.05, 3.63) is 17.0 Å². The highest BCUT2D eigenvalue weighted by molar-refractivity contribution is 5.20. The van der Waals surface area contributed by atoms with Gasteiger partial charge in [0.25, 0.3) is 0 Å². The standard InChI is InChI=1S/C10H9F8N3O2/c1-4-3-5(23-2)20-7(19-4)21(22)10(17,18)9(15,16)8(13,14)6(11)12/h3,6,21H,1-2H3. The zero-order valence-corrected chi connectivity index (χ0v) is 11.4. The molecule has 0 saturated heterocycles. The highest BCUT2D eigenvalue weighted by Gasteiger charge is 2.80. The van der Waals surface area contributed by atoms with Crippen molar-refractivity contribution < 1.29 is 44.9 Å². The summed E-state index contributed by atoms with van der Waals surface area (Å²) in [7, 11) is 0.994. The Morgan fingerprint density at radius 1 is 1.13 bits per heavy atom. The Kier molecular flexibility index (Phi) is 5.06. The zero-order valence-electron chi connectivity index (χ0n) is 11.4. The van der Waals surface area contributed by atoms with Gasteiger partial charge in [-0.3, -0.25) is 0 Å². The minimum absolute atomic E-state index is 0.181. The van der Waals surface area contributed by atoms with Crippen molar-refractivity contribution in [3.8, 4) is 5.88 Å². The molecule has 0 aliphatic rings. The molecule has 0 aliphatic carbocycles. The normalized spacial score (nSPS) is 15.0. The van der Waals surface area contributed by atoms with E-state index in [1.165, 1.54) is 0 Å². The van der Waals surface area contributed by atoms with Crippen LogP contribution in [0.5, 0.6) is 5.88 Å². The molecule has 132 valence electrons. The van der Waals surface area contributed by atoms with Crippen LogP contribution in [0.15, 0.2) is 6.07 Å². The molecule has 0 saturated carbocycles. The van der Waals surface area contributed by atoms with E-state index in [1.807, 2.05) is 0 Å². The van der Waals surface area contributed by atoms with Gasteiger partial charge in [-0.2, -0.15) is 22.5 Å². The van der Waals surface area contributed by atoms with E-state index in [9.17, 15) is 40.3 Å². The van der Waals surface area contributed by atoms with E-state index in [-0.39, 0.29) is 5.69 Å². The topological polar surface area (TPSA) is 62.5 Å². The first-order chi connectivity index (χ1) is 10.3. The van der Waals surface area contributed by atoms with Gasteiger partial charge in [0, 0.05) is 6.07 Å². The summed E-state index contributed by atoms with van der Waals surface area (Å²) in [6.45, 7) is 1.14. The van der Waals surface area contributed by atoms with Crippen LogP contribution in [-0.2, 0) is 0 Å². The summed E-state index contributed by atoms with van der Waals surface area (Å²) in [6.07, 6.45) is -5.12. The predicted molar refractivity (Wildman–Crippen MR) is 58.2 cm³/mol. The van der Waals surface area contributed by atoms with E-state index in [0.717, 1.165) is 20.1 Å². The Labute approximate surface area is 123 Å².